The number of hydrogen-bond acceptors (Lipinski definition) is 3. The highest BCUT2D eigenvalue weighted by Crippen LogP contribution is 2.31. The number of fused-ring (bicyclic) bond motifs is 3. The molecule has 0 spiro atoms. The minimum atomic E-state index is 0.220. The lowest BCUT2D eigenvalue weighted by molar-refractivity contribution is -0.128. The Balaban J connectivity index is 1.53. The number of nitrogens with two attached hydrogens (primary N) is 1. The summed E-state index contributed by atoms with van der Waals surface area (Å²) in [6.45, 7) is 4.28. The lowest BCUT2D eigenvalue weighted by Gasteiger charge is -2.45. The summed E-state index contributed by atoms with van der Waals surface area (Å²) in [5, 5.41) is 3.34. The van der Waals surface area contributed by atoms with Crippen molar-refractivity contribution >= 4 is 5.91 Å². The van der Waals surface area contributed by atoms with E-state index in [1.807, 2.05) is 0 Å². The zero-order valence-electron chi connectivity index (χ0n) is 11.8. The summed E-state index contributed by atoms with van der Waals surface area (Å²) in [4.78, 5) is 14.9. The molecule has 3 unspecified atom stereocenters. The van der Waals surface area contributed by atoms with Crippen molar-refractivity contribution < 1.29 is 4.79 Å². The molecule has 3 atom stereocenters. The monoisotopic (exact) mass is 265 g/mol. The van der Waals surface area contributed by atoms with Gasteiger partial charge in [0.05, 0.1) is 0 Å². The molecule has 1 saturated carbocycles. The van der Waals surface area contributed by atoms with Gasteiger partial charge in [0.15, 0.2) is 0 Å². The van der Waals surface area contributed by atoms with Crippen molar-refractivity contribution in [1.29, 1.82) is 0 Å². The van der Waals surface area contributed by atoms with Crippen LogP contribution < -0.4 is 11.1 Å². The van der Waals surface area contributed by atoms with Crippen LogP contribution in [0.15, 0.2) is 0 Å². The smallest absolute Gasteiger partial charge is 0.223 e. The molecule has 4 aliphatic rings. The number of amides is 1. The molecule has 3 heterocycles. The van der Waals surface area contributed by atoms with Crippen molar-refractivity contribution in [3.8, 4) is 0 Å². The SMILES string of the molecule is NCC1CCCC(C(=O)NC2CN3CCC2CC3)C1. The minimum Gasteiger partial charge on any atom is -0.352 e. The van der Waals surface area contributed by atoms with Gasteiger partial charge >= 0.3 is 0 Å². The van der Waals surface area contributed by atoms with E-state index in [-0.39, 0.29) is 5.92 Å². The number of rotatable bonds is 3. The molecule has 0 aromatic rings. The summed E-state index contributed by atoms with van der Waals surface area (Å²) in [7, 11) is 0. The van der Waals surface area contributed by atoms with Crippen LogP contribution in [0.3, 0.4) is 0 Å². The molecular weight excluding hydrogens is 238 g/mol. The summed E-state index contributed by atoms with van der Waals surface area (Å²) in [5.41, 5.74) is 5.76. The predicted molar refractivity (Wildman–Crippen MR) is 75.6 cm³/mol. The number of hydrogen-bond donors (Lipinski definition) is 2. The van der Waals surface area contributed by atoms with E-state index in [0.29, 0.717) is 17.9 Å². The van der Waals surface area contributed by atoms with E-state index >= 15 is 0 Å². The first-order valence-electron chi connectivity index (χ1n) is 7.99. The molecule has 4 nitrogen and oxygen atoms in total. The summed E-state index contributed by atoms with van der Waals surface area (Å²) in [6.07, 6.45) is 6.97. The molecule has 1 aliphatic carbocycles. The highest BCUT2D eigenvalue weighted by molar-refractivity contribution is 5.79. The van der Waals surface area contributed by atoms with Gasteiger partial charge in [0.1, 0.15) is 0 Å². The molecule has 19 heavy (non-hydrogen) atoms. The normalized spacial score (nSPS) is 42.1. The summed E-state index contributed by atoms with van der Waals surface area (Å²) < 4.78 is 0. The van der Waals surface area contributed by atoms with Crippen LogP contribution in [0, 0.1) is 17.8 Å². The van der Waals surface area contributed by atoms with Crippen molar-refractivity contribution in [3.05, 3.63) is 0 Å². The molecule has 4 rings (SSSR count). The van der Waals surface area contributed by atoms with Crippen LogP contribution >= 0.6 is 0 Å². The fourth-order valence-corrected chi connectivity index (χ4v) is 4.17. The highest BCUT2D eigenvalue weighted by atomic mass is 16.2. The maximum Gasteiger partial charge on any atom is 0.223 e. The molecule has 3 aliphatic heterocycles. The molecule has 1 amide bonds. The summed E-state index contributed by atoms with van der Waals surface area (Å²) in [6, 6.07) is 0.410. The number of piperidine rings is 3. The Labute approximate surface area is 116 Å². The van der Waals surface area contributed by atoms with E-state index in [0.717, 1.165) is 31.8 Å². The van der Waals surface area contributed by atoms with E-state index in [1.165, 1.54) is 38.8 Å². The van der Waals surface area contributed by atoms with Gasteiger partial charge in [-0.05, 0) is 63.6 Å². The Kier molecular flexibility index (Phi) is 4.08. The predicted octanol–water partition coefficient (Wildman–Crippen LogP) is 0.962. The number of carbonyl (C=O) groups is 1. The molecule has 4 fully saturated rings. The average Bonchev–Trinajstić information content (AvgIpc) is 2.48. The van der Waals surface area contributed by atoms with Gasteiger partial charge in [-0.15, -0.1) is 0 Å². The van der Waals surface area contributed by atoms with Gasteiger partial charge in [-0.1, -0.05) is 6.42 Å². The molecular formula is C15H27N3O. The van der Waals surface area contributed by atoms with E-state index < -0.39 is 0 Å². The maximum absolute atomic E-state index is 12.4. The highest BCUT2D eigenvalue weighted by Gasteiger charge is 2.36. The first kappa shape index (κ1) is 13.4. The Morgan fingerprint density at radius 3 is 2.63 bits per heavy atom. The van der Waals surface area contributed by atoms with Crippen molar-refractivity contribution in [2.75, 3.05) is 26.2 Å². The fourth-order valence-electron chi connectivity index (χ4n) is 4.17. The Morgan fingerprint density at radius 2 is 2.00 bits per heavy atom. The fraction of sp³-hybridized carbons (Fsp3) is 0.933. The first-order chi connectivity index (χ1) is 9.26. The van der Waals surface area contributed by atoms with Crippen LogP contribution in [-0.2, 0) is 4.79 Å². The van der Waals surface area contributed by atoms with Gasteiger partial charge in [0, 0.05) is 18.5 Å². The van der Waals surface area contributed by atoms with Crippen LogP contribution in [0.1, 0.15) is 38.5 Å². The summed E-state index contributed by atoms with van der Waals surface area (Å²) in [5.74, 6) is 1.81. The Hall–Kier alpha value is -0.610. The van der Waals surface area contributed by atoms with E-state index in [2.05, 4.69) is 10.2 Å². The Bertz CT molecular complexity index is 325. The molecule has 108 valence electrons. The van der Waals surface area contributed by atoms with E-state index in [9.17, 15) is 4.79 Å². The maximum atomic E-state index is 12.4. The van der Waals surface area contributed by atoms with Crippen molar-refractivity contribution in [3.63, 3.8) is 0 Å². The summed E-state index contributed by atoms with van der Waals surface area (Å²) >= 11 is 0. The topological polar surface area (TPSA) is 58.4 Å². The van der Waals surface area contributed by atoms with E-state index in [1.54, 1.807) is 0 Å². The van der Waals surface area contributed by atoms with Gasteiger partial charge < -0.3 is 16.0 Å². The van der Waals surface area contributed by atoms with Crippen LogP contribution in [0.25, 0.3) is 0 Å². The standard InChI is InChI=1S/C15H27N3O/c16-9-11-2-1-3-13(8-11)15(19)17-14-10-18-6-4-12(14)5-7-18/h11-14H,1-10,16H2,(H,17,19). The first-order valence-corrected chi connectivity index (χ1v) is 7.99. The quantitative estimate of drug-likeness (QED) is 0.799. The molecule has 3 saturated heterocycles. The van der Waals surface area contributed by atoms with Crippen LogP contribution in [0.2, 0.25) is 0 Å². The van der Waals surface area contributed by atoms with Gasteiger partial charge in [-0.25, -0.2) is 0 Å². The molecule has 0 aromatic heterocycles. The van der Waals surface area contributed by atoms with Gasteiger partial charge in [0.2, 0.25) is 5.91 Å². The zero-order valence-corrected chi connectivity index (χ0v) is 11.8. The largest absolute Gasteiger partial charge is 0.352 e. The van der Waals surface area contributed by atoms with Gasteiger partial charge in [-0.3, -0.25) is 4.79 Å². The third-order valence-corrected chi connectivity index (χ3v) is 5.47. The molecule has 0 aromatic carbocycles. The third-order valence-electron chi connectivity index (χ3n) is 5.47. The zero-order chi connectivity index (χ0) is 13.2. The number of nitrogens with zero attached hydrogens (tertiary/aromatic N) is 1. The van der Waals surface area contributed by atoms with Crippen LogP contribution in [0.5, 0.6) is 0 Å². The van der Waals surface area contributed by atoms with Gasteiger partial charge in [-0.2, -0.15) is 0 Å². The lowest BCUT2D eigenvalue weighted by Crippen LogP contribution is -2.58. The van der Waals surface area contributed by atoms with Crippen LogP contribution in [-0.4, -0.2) is 43.0 Å². The van der Waals surface area contributed by atoms with Crippen LogP contribution in [0.4, 0.5) is 0 Å². The third kappa shape index (κ3) is 2.95. The minimum absolute atomic E-state index is 0.220. The Morgan fingerprint density at radius 1 is 1.21 bits per heavy atom. The van der Waals surface area contributed by atoms with Crippen molar-refractivity contribution in [2.24, 2.45) is 23.5 Å². The van der Waals surface area contributed by atoms with E-state index in [4.69, 9.17) is 5.73 Å². The number of carbonyl (C=O) groups excluding carboxylic acids is 1. The molecule has 2 bridgehead atoms. The van der Waals surface area contributed by atoms with Crippen molar-refractivity contribution in [2.45, 2.75) is 44.6 Å². The second-order valence-electron chi connectivity index (χ2n) is 6.72. The van der Waals surface area contributed by atoms with Gasteiger partial charge in [0.25, 0.3) is 0 Å². The lowest BCUT2D eigenvalue weighted by atomic mass is 9.80. The molecule has 3 N–H and O–H groups in total. The second kappa shape index (κ2) is 5.80. The number of nitrogens with one attached hydrogen (secondary N) is 1. The average molecular weight is 265 g/mol. The van der Waals surface area contributed by atoms with Crippen molar-refractivity contribution in [1.82, 2.24) is 10.2 Å². The molecule has 0 radical (unpaired) electrons. The second-order valence-corrected chi connectivity index (χ2v) is 6.72. The molecule has 4 heteroatoms.